The van der Waals surface area contributed by atoms with Gasteiger partial charge in [-0.25, -0.2) is 4.79 Å². The summed E-state index contributed by atoms with van der Waals surface area (Å²) in [5, 5.41) is 14.0. The first-order valence-electron chi connectivity index (χ1n) is 10.4. The van der Waals surface area contributed by atoms with E-state index in [1.807, 2.05) is 12.1 Å². The summed E-state index contributed by atoms with van der Waals surface area (Å²) in [5.41, 5.74) is 2.46. The Morgan fingerprint density at radius 1 is 1.24 bits per heavy atom. The predicted molar refractivity (Wildman–Crippen MR) is 119 cm³/mol. The molecule has 0 saturated heterocycles. The zero-order chi connectivity index (χ0) is 21.0. The molecule has 3 atom stereocenters. The number of rotatable bonds is 7. The second-order valence-electron chi connectivity index (χ2n) is 7.76. The van der Waals surface area contributed by atoms with Crippen molar-refractivity contribution in [3.05, 3.63) is 59.2 Å². The summed E-state index contributed by atoms with van der Waals surface area (Å²) in [5.74, 6) is -0.552. The Morgan fingerprint density at radius 3 is 2.55 bits per heavy atom. The number of methoxy groups -OCH3 is 1. The molecule has 4 nitrogen and oxygen atoms in total. The smallest absolute Gasteiger partial charge is 0.339 e. The van der Waals surface area contributed by atoms with Crippen LogP contribution in [0.1, 0.15) is 74.0 Å². The number of thioether (sulfide) groups is 1. The van der Waals surface area contributed by atoms with Gasteiger partial charge in [0.15, 0.2) is 0 Å². The van der Waals surface area contributed by atoms with E-state index in [0.717, 1.165) is 36.1 Å². The van der Waals surface area contributed by atoms with Crippen LogP contribution in [0.15, 0.2) is 47.4 Å². The molecular formula is C24H31NO3S. The van der Waals surface area contributed by atoms with Gasteiger partial charge in [0.25, 0.3) is 0 Å². The first-order chi connectivity index (χ1) is 14.0. The summed E-state index contributed by atoms with van der Waals surface area (Å²) >= 11 is 1.78. The van der Waals surface area contributed by atoms with Crippen LogP contribution < -0.4 is 10.1 Å². The van der Waals surface area contributed by atoms with E-state index < -0.39 is 5.97 Å². The fourth-order valence-electron chi connectivity index (χ4n) is 4.27. The molecule has 2 N–H and O–H groups in total. The van der Waals surface area contributed by atoms with Crippen molar-refractivity contribution in [3.8, 4) is 5.75 Å². The average molecular weight is 414 g/mol. The Balaban J connectivity index is 2.19. The van der Waals surface area contributed by atoms with Gasteiger partial charge in [0, 0.05) is 15.7 Å². The van der Waals surface area contributed by atoms with Crippen molar-refractivity contribution >= 4 is 17.7 Å². The highest BCUT2D eigenvalue weighted by atomic mass is 32.2. The lowest BCUT2D eigenvalue weighted by molar-refractivity contribution is 0.0693. The summed E-state index contributed by atoms with van der Waals surface area (Å²) in [7, 11) is 1.53. The highest BCUT2D eigenvalue weighted by Gasteiger charge is 2.41. The predicted octanol–water partition coefficient (Wildman–Crippen LogP) is 5.91. The first kappa shape index (κ1) is 21.7. The lowest BCUT2D eigenvalue weighted by Crippen LogP contribution is -2.52. The number of carboxylic acid groups (broad SMARTS) is 1. The van der Waals surface area contributed by atoms with Gasteiger partial charge < -0.3 is 9.84 Å². The molecule has 3 rings (SSSR count). The summed E-state index contributed by atoms with van der Waals surface area (Å²) in [6.45, 7) is 6.74. The topological polar surface area (TPSA) is 58.6 Å². The first-order valence-corrected chi connectivity index (χ1v) is 11.3. The molecule has 156 valence electrons. The third-order valence-corrected chi connectivity index (χ3v) is 7.54. The SMILES string of the molecule is CCCC[C@@]1(CC)N[C@H](c2ccccc2)c2cc(OC)c(C(=O)O)cc2SC1C. The summed E-state index contributed by atoms with van der Waals surface area (Å²) < 4.78 is 5.45. The molecule has 0 bridgehead atoms. The number of hydrogen-bond donors (Lipinski definition) is 2. The van der Waals surface area contributed by atoms with E-state index in [0.29, 0.717) is 11.0 Å². The van der Waals surface area contributed by atoms with Gasteiger partial charge in [-0.2, -0.15) is 0 Å². The second kappa shape index (κ2) is 9.23. The molecule has 5 heteroatoms. The third kappa shape index (κ3) is 4.31. The largest absolute Gasteiger partial charge is 0.496 e. The van der Waals surface area contributed by atoms with Crippen LogP contribution >= 0.6 is 11.8 Å². The number of benzene rings is 2. The molecule has 0 spiro atoms. The van der Waals surface area contributed by atoms with Crippen molar-refractivity contribution in [2.45, 2.75) is 68.2 Å². The van der Waals surface area contributed by atoms with Gasteiger partial charge in [-0.05, 0) is 36.1 Å². The quantitative estimate of drug-likeness (QED) is 0.591. The molecule has 1 heterocycles. The minimum absolute atomic E-state index is 0.0165. The number of hydrogen-bond acceptors (Lipinski definition) is 4. The lowest BCUT2D eigenvalue weighted by Gasteiger charge is -2.40. The van der Waals surface area contributed by atoms with Gasteiger partial charge in [0.1, 0.15) is 11.3 Å². The van der Waals surface area contributed by atoms with Crippen molar-refractivity contribution in [1.29, 1.82) is 0 Å². The minimum atomic E-state index is -0.959. The van der Waals surface area contributed by atoms with E-state index in [-0.39, 0.29) is 17.1 Å². The zero-order valence-electron chi connectivity index (χ0n) is 17.7. The number of nitrogens with one attached hydrogen (secondary N) is 1. The normalized spacial score (nSPS) is 23.9. The zero-order valence-corrected chi connectivity index (χ0v) is 18.5. The standard InChI is InChI=1S/C24H31NO3S/c1-5-7-13-24(6-2)16(3)29-21-15-18(23(26)27)20(28-4)14-19(21)22(25-24)17-11-9-8-10-12-17/h8-12,14-16,22,25H,5-7,13H2,1-4H3,(H,26,27)/t16?,22-,24-/m1/s1. The monoisotopic (exact) mass is 413 g/mol. The number of aromatic carboxylic acids is 1. The van der Waals surface area contributed by atoms with Gasteiger partial charge in [0.05, 0.1) is 13.2 Å². The molecule has 0 amide bonds. The van der Waals surface area contributed by atoms with Crippen LogP contribution in [0.2, 0.25) is 0 Å². The Kier molecular flexibility index (Phi) is 6.91. The van der Waals surface area contributed by atoms with Crippen molar-refractivity contribution in [2.24, 2.45) is 0 Å². The van der Waals surface area contributed by atoms with E-state index in [2.05, 4.69) is 50.4 Å². The van der Waals surface area contributed by atoms with Crippen molar-refractivity contribution in [1.82, 2.24) is 5.32 Å². The Bertz CT molecular complexity index is 855. The maximum atomic E-state index is 11.8. The minimum Gasteiger partial charge on any atom is -0.496 e. The van der Waals surface area contributed by atoms with Gasteiger partial charge in [-0.3, -0.25) is 5.32 Å². The van der Waals surface area contributed by atoms with E-state index in [4.69, 9.17) is 4.74 Å². The van der Waals surface area contributed by atoms with Crippen LogP contribution in [-0.4, -0.2) is 29.0 Å². The third-order valence-electron chi connectivity index (χ3n) is 6.13. The number of carbonyl (C=O) groups is 1. The molecule has 1 aliphatic heterocycles. The van der Waals surface area contributed by atoms with E-state index >= 15 is 0 Å². The van der Waals surface area contributed by atoms with Crippen LogP contribution in [0.25, 0.3) is 0 Å². The molecule has 0 fully saturated rings. The fraction of sp³-hybridized carbons (Fsp3) is 0.458. The lowest BCUT2D eigenvalue weighted by atomic mass is 9.84. The molecule has 29 heavy (non-hydrogen) atoms. The van der Waals surface area contributed by atoms with Crippen LogP contribution in [0.5, 0.6) is 5.75 Å². The van der Waals surface area contributed by atoms with Crippen molar-refractivity contribution in [2.75, 3.05) is 7.11 Å². The van der Waals surface area contributed by atoms with Crippen molar-refractivity contribution < 1.29 is 14.6 Å². The Hall–Kier alpha value is -1.98. The van der Waals surface area contributed by atoms with Gasteiger partial charge >= 0.3 is 5.97 Å². The molecule has 0 aromatic heterocycles. The Morgan fingerprint density at radius 2 is 1.97 bits per heavy atom. The van der Waals surface area contributed by atoms with Crippen LogP contribution in [0, 0.1) is 0 Å². The molecular weight excluding hydrogens is 382 g/mol. The summed E-state index contributed by atoms with van der Waals surface area (Å²) in [4.78, 5) is 12.8. The van der Waals surface area contributed by atoms with Gasteiger partial charge in [0.2, 0.25) is 0 Å². The number of ether oxygens (including phenoxy) is 1. The van der Waals surface area contributed by atoms with Crippen LogP contribution in [-0.2, 0) is 0 Å². The number of fused-ring (bicyclic) bond motifs is 1. The number of carboxylic acids is 1. The summed E-state index contributed by atoms with van der Waals surface area (Å²) in [6, 6.07) is 14.1. The molecule has 1 aliphatic rings. The maximum Gasteiger partial charge on any atom is 0.339 e. The second-order valence-corrected chi connectivity index (χ2v) is 9.14. The van der Waals surface area contributed by atoms with Crippen LogP contribution in [0.3, 0.4) is 0 Å². The van der Waals surface area contributed by atoms with Crippen LogP contribution in [0.4, 0.5) is 0 Å². The van der Waals surface area contributed by atoms with E-state index in [1.165, 1.54) is 12.7 Å². The fourth-order valence-corrected chi connectivity index (χ4v) is 5.73. The summed E-state index contributed by atoms with van der Waals surface area (Å²) in [6.07, 6.45) is 4.42. The molecule has 0 radical (unpaired) electrons. The highest BCUT2D eigenvalue weighted by molar-refractivity contribution is 8.00. The number of unbranched alkanes of at least 4 members (excludes halogenated alkanes) is 1. The molecule has 1 unspecified atom stereocenters. The Labute approximate surface area is 178 Å². The molecule has 0 aliphatic carbocycles. The molecule has 2 aromatic carbocycles. The molecule has 2 aromatic rings. The maximum absolute atomic E-state index is 11.8. The highest BCUT2D eigenvalue weighted by Crippen LogP contribution is 2.46. The van der Waals surface area contributed by atoms with Gasteiger partial charge in [-0.15, -0.1) is 11.8 Å². The average Bonchev–Trinajstić information content (AvgIpc) is 2.86. The molecule has 0 saturated carbocycles. The van der Waals surface area contributed by atoms with Crippen molar-refractivity contribution in [3.63, 3.8) is 0 Å². The van der Waals surface area contributed by atoms with E-state index in [9.17, 15) is 9.90 Å². The van der Waals surface area contributed by atoms with Gasteiger partial charge in [-0.1, -0.05) is 63.9 Å². The van der Waals surface area contributed by atoms with E-state index in [1.54, 1.807) is 17.8 Å².